The molecule has 9 heteroatoms. The van der Waals surface area contributed by atoms with Gasteiger partial charge in [0.05, 0.1) is 18.6 Å². The standard InChI is InChI=1S/C18H17NO8/c20-11-4-5-15-13(8-11)18(22)17-14(21)9-12(10-16(17)27-15)25-6-2-1-3-7-26-19(23)24/h4-5,8-10,20-21H,1-3,6-7H2. The number of fused-ring (bicyclic) bond motifs is 2. The van der Waals surface area contributed by atoms with Gasteiger partial charge in [0, 0.05) is 12.1 Å². The molecular formula is C18H17NO8. The van der Waals surface area contributed by atoms with Crippen LogP contribution in [0.15, 0.2) is 39.5 Å². The number of benzene rings is 2. The molecule has 0 saturated heterocycles. The van der Waals surface area contributed by atoms with E-state index >= 15 is 0 Å². The molecule has 9 nitrogen and oxygen atoms in total. The van der Waals surface area contributed by atoms with Gasteiger partial charge in [0.15, 0.2) is 0 Å². The second kappa shape index (κ2) is 7.81. The minimum atomic E-state index is -0.826. The molecule has 142 valence electrons. The van der Waals surface area contributed by atoms with E-state index in [4.69, 9.17) is 9.15 Å². The minimum Gasteiger partial charge on any atom is -0.508 e. The maximum Gasteiger partial charge on any atom is 0.294 e. The molecule has 0 aliphatic rings. The van der Waals surface area contributed by atoms with E-state index in [0.29, 0.717) is 31.6 Å². The van der Waals surface area contributed by atoms with Gasteiger partial charge in [0.2, 0.25) is 5.43 Å². The number of rotatable bonds is 8. The van der Waals surface area contributed by atoms with E-state index < -0.39 is 10.5 Å². The highest BCUT2D eigenvalue weighted by molar-refractivity contribution is 5.94. The molecule has 0 aliphatic heterocycles. The number of phenols is 2. The van der Waals surface area contributed by atoms with E-state index in [0.717, 1.165) is 0 Å². The number of nitrogens with zero attached hydrogens (tertiary/aromatic N) is 1. The molecule has 0 fully saturated rings. The van der Waals surface area contributed by atoms with Gasteiger partial charge < -0.3 is 24.2 Å². The van der Waals surface area contributed by atoms with Crippen LogP contribution < -0.4 is 10.2 Å². The van der Waals surface area contributed by atoms with Crippen LogP contribution in [-0.2, 0) is 4.84 Å². The van der Waals surface area contributed by atoms with Gasteiger partial charge in [-0.25, -0.2) is 0 Å². The van der Waals surface area contributed by atoms with Gasteiger partial charge in [0.25, 0.3) is 5.09 Å². The summed E-state index contributed by atoms with van der Waals surface area (Å²) >= 11 is 0. The average molecular weight is 375 g/mol. The smallest absolute Gasteiger partial charge is 0.294 e. The SMILES string of the molecule is O=c1c2cc(O)ccc2oc2cc(OCCCCCO[N+](=O)[O-])cc(O)c12. The molecule has 0 saturated carbocycles. The van der Waals surface area contributed by atoms with Gasteiger partial charge in [-0.2, -0.15) is 0 Å². The van der Waals surface area contributed by atoms with Gasteiger partial charge >= 0.3 is 0 Å². The zero-order valence-electron chi connectivity index (χ0n) is 14.2. The predicted molar refractivity (Wildman–Crippen MR) is 95.6 cm³/mol. The van der Waals surface area contributed by atoms with Gasteiger partial charge in [-0.1, -0.05) is 0 Å². The molecule has 0 bridgehead atoms. The monoisotopic (exact) mass is 375 g/mol. The summed E-state index contributed by atoms with van der Waals surface area (Å²) in [4.78, 5) is 26.8. The van der Waals surface area contributed by atoms with Gasteiger partial charge in [-0.05, 0) is 37.5 Å². The third kappa shape index (κ3) is 4.20. The molecule has 2 aromatic carbocycles. The highest BCUT2D eigenvalue weighted by Crippen LogP contribution is 2.31. The first-order valence-corrected chi connectivity index (χ1v) is 8.28. The van der Waals surface area contributed by atoms with Crippen molar-refractivity contribution < 1.29 is 29.3 Å². The predicted octanol–water partition coefficient (Wildman–Crippen LogP) is 3.11. The molecular weight excluding hydrogens is 358 g/mol. The van der Waals surface area contributed by atoms with Crippen LogP contribution in [-0.4, -0.2) is 28.5 Å². The first-order chi connectivity index (χ1) is 13.0. The molecule has 0 aliphatic carbocycles. The second-order valence-corrected chi connectivity index (χ2v) is 5.89. The Bertz CT molecular complexity index is 1040. The van der Waals surface area contributed by atoms with E-state index in [2.05, 4.69) is 4.84 Å². The van der Waals surface area contributed by atoms with E-state index in [-0.39, 0.29) is 40.0 Å². The van der Waals surface area contributed by atoms with E-state index in [1.165, 1.54) is 30.3 Å². The van der Waals surface area contributed by atoms with Crippen molar-refractivity contribution in [1.82, 2.24) is 0 Å². The number of hydrogen-bond acceptors (Lipinski definition) is 8. The van der Waals surface area contributed by atoms with Gasteiger partial charge in [-0.15, -0.1) is 10.1 Å². The lowest BCUT2D eigenvalue weighted by atomic mass is 10.1. The molecule has 3 aromatic rings. The van der Waals surface area contributed by atoms with Crippen LogP contribution in [0.5, 0.6) is 17.2 Å². The number of ether oxygens (including phenoxy) is 1. The fourth-order valence-electron chi connectivity index (χ4n) is 2.72. The zero-order chi connectivity index (χ0) is 19.4. The lowest BCUT2D eigenvalue weighted by Crippen LogP contribution is -2.04. The zero-order valence-corrected chi connectivity index (χ0v) is 14.2. The molecule has 0 unspecified atom stereocenters. The molecule has 0 atom stereocenters. The number of phenolic OH excluding ortho intramolecular Hbond substituents is 2. The molecule has 27 heavy (non-hydrogen) atoms. The van der Waals surface area contributed by atoms with Crippen molar-refractivity contribution in [3.05, 3.63) is 50.7 Å². The fourth-order valence-corrected chi connectivity index (χ4v) is 2.72. The Morgan fingerprint density at radius 3 is 2.59 bits per heavy atom. The lowest BCUT2D eigenvalue weighted by Gasteiger charge is -2.09. The van der Waals surface area contributed by atoms with E-state index in [1.807, 2.05) is 0 Å². The minimum absolute atomic E-state index is 0.0115. The van der Waals surface area contributed by atoms with Gasteiger partial charge in [0.1, 0.15) is 33.8 Å². The van der Waals surface area contributed by atoms with Crippen molar-refractivity contribution in [2.75, 3.05) is 13.2 Å². The maximum absolute atomic E-state index is 12.5. The summed E-state index contributed by atoms with van der Waals surface area (Å²) in [5.41, 5.74) is 0.0113. The first kappa shape index (κ1) is 18.3. The molecule has 1 heterocycles. The Morgan fingerprint density at radius 2 is 1.81 bits per heavy atom. The summed E-state index contributed by atoms with van der Waals surface area (Å²) in [6, 6.07) is 7.00. The summed E-state index contributed by atoms with van der Waals surface area (Å²) in [6.45, 7) is 0.368. The number of hydrogen-bond donors (Lipinski definition) is 2. The highest BCUT2D eigenvalue weighted by atomic mass is 16.9. The van der Waals surface area contributed by atoms with Gasteiger partial charge in [-0.3, -0.25) is 4.79 Å². The maximum atomic E-state index is 12.5. The first-order valence-electron chi connectivity index (χ1n) is 8.28. The quantitative estimate of drug-likeness (QED) is 0.266. The summed E-state index contributed by atoms with van der Waals surface area (Å²) in [5.74, 6) is -0.0131. The number of unbranched alkanes of at least 4 members (excludes halogenated alkanes) is 2. The summed E-state index contributed by atoms with van der Waals surface area (Å²) in [5, 5.41) is 29.1. The molecule has 1 aromatic heterocycles. The van der Waals surface area contributed by atoms with Crippen molar-refractivity contribution in [3.63, 3.8) is 0 Å². The average Bonchev–Trinajstić information content (AvgIpc) is 2.61. The third-order valence-electron chi connectivity index (χ3n) is 3.96. The Kier molecular flexibility index (Phi) is 5.30. The molecule has 2 N–H and O–H groups in total. The van der Waals surface area contributed by atoms with Crippen LogP contribution in [0.4, 0.5) is 0 Å². The Hall–Kier alpha value is -3.49. The normalized spacial score (nSPS) is 11.0. The fraction of sp³-hybridized carbons (Fsp3) is 0.278. The van der Waals surface area contributed by atoms with E-state index in [1.54, 1.807) is 0 Å². The van der Waals surface area contributed by atoms with Crippen molar-refractivity contribution in [1.29, 1.82) is 0 Å². The van der Waals surface area contributed by atoms with Crippen molar-refractivity contribution >= 4 is 21.9 Å². The molecule has 0 radical (unpaired) electrons. The molecule has 0 amide bonds. The van der Waals surface area contributed by atoms with E-state index in [9.17, 15) is 25.1 Å². The van der Waals surface area contributed by atoms with Crippen molar-refractivity contribution in [3.8, 4) is 17.2 Å². The lowest BCUT2D eigenvalue weighted by molar-refractivity contribution is -0.757. The molecule has 3 rings (SSSR count). The summed E-state index contributed by atoms with van der Waals surface area (Å²) in [7, 11) is 0. The van der Waals surface area contributed by atoms with Crippen LogP contribution in [0.3, 0.4) is 0 Å². The van der Waals surface area contributed by atoms with Crippen LogP contribution in [0.25, 0.3) is 21.9 Å². The van der Waals surface area contributed by atoms with Crippen LogP contribution in [0.2, 0.25) is 0 Å². The third-order valence-corrected chi connectivity index (χ3v) is 3.96. The Labute approximate surface area is 152 Å². The van der Waals surface area contributed by atoms with Crippen molar-refractivity contribution in [2.45, 2.75) is 19.3 Å². The highest BCUT2D eigenvalue weighted by Gasteiger charge is 2.14. The number of aromatic hydroxyl groups is 2. The van der Waals surface area contributed by atoms with Crippen LogP contribution in [0, 0.1) is 10.1 Å². The van der Waals surface area contributed by atoms with Crippen LogP contribution >= 0.6 is 0 Å². The Morgan fingerprint density at radius 1 is 1.04 bits per heavy atom. The second-order valence-electron chi connectivity index (χ2n) is 5.89. The topological polar surface area (TPSA) is 132 Å². The summed E-state index contributed by atoms with van der Waals surface area (Å²) in [6.07, 6.45) is 1.85. The summed E-state index contributed by atoms with van der Waals surface area (Å²) < 4.78 is 11.2. The van der Waals surface area contributed by atoms with Crippen molar-refractivity contribution in [2.24, 2.45) is 0 Å². The largest absolute Gasteiger partial charge is 0.508 e. The molecule has 0 spiro atoms. The Balaban J connectivity index is 1.73. The van der Waals surface area contributed by atoms with Crippen LogP contribution in [0.1, 0.15) is 19.3 Å².